The molecule has 0 fully saturated rings. The summed E-state index contributed by atoms with van der Waals surface area (Å²) >= 11 is 0. The minimum absolute atomic E-state index is 0.343. The van der Waals surface area contributed by atoms with Gasteiger partial charge in [-0.15, -0.1) is 0 Å². The van der Waals surface area contributed by atoms with E-state index in [1.807, 2.05) is 13.8 Å². The lowest BCUT2D eigenvalue weighted by Crippen LogP contribution is -2.27. The van der Waals surface area contributed by atoms with E-state index in [-0.39, 0.29) is 0 Å². The molecule has 17 heavy (non-hydrogen) atoms. The molecule has 0 aromatic heterocycles. The quantitative estimate of drug-likeness (QED) is 0.848. The van der Waals surface area contributed by atoms with Crippen molar-refractivity contribution in [3.05, 3.63) is 24.3 Å². The van der Waals surface area contributed by atoms with E-state index in [2.05, 4.69) is 5.32 Å². The molecule has 0 heterocycles. The van der Waals surface area contributed by atoms with Gasteiger partial charge in [0.05, 0.1) is 4.90 Å². The smallest absolute Gasteiger partial charge is 0.242 e. The molecular formula is C12H20N2O2S. The number of hydrogen-bond donors (Lipinski definition) is 1. The average Bonchev–Trinajstić information content (AvgIpc) is 2.30. The van der Waals surface area contributed by atoms with Crippen LogP contribution in [-0.4, -0.2) is 32.9 Å². The average molecular weight is 256 g/mol. The highest BCUT2D eigenvalue weighted by atomic mass is 32.2. The fourth-order valence-electron chi connectivity index (χ4n) is 1.56. The molecule has 96 valence electrons. The van der Waals surface area contributed by atoms with Gasteiger partial charge in [-0.3, -0.25) is 0 Å². The van der Waals surface area contributed by atoms with E-state index in [1.165, 1.54) is 4.31 Å². The van der Waals surface area contributed by atoms with Crippen LogP contribution in [0.15, 0.2) is 29.2 Å². The highest BCUT2D eigenvalue weighted by molar-refractivity contribution is 7.89. The van der Waals surface area contributed by atoms with Crippen molar-refractivity contribution < 1.29 is 8.42 Å². The molecule has 0 atom stereocenters. The van der Waals surface area contributed by atoms with Crippen LogP contribution < -0.4 is 5.32 Å². The Bertz CT molecular complexity index is 440. The van der Waals surface area contributed by atoms with Crippen LogP contribution in [0, 0.1) is 0 Å². The molecule has 4 nitrogen and oxygen atoms in total. The van der Waals surface area contributed by atoms with Gasteiger partial charge in [-0.2, -0.15) is 0 Å². The number of nitrogens with zero attached hydrogens (tertiary/aromatic N) is 1. The van der Waals surface area contributed by atoms with E-state index in [0.29, 0.717) is 11.4 Å². The first kappa shape index (κ1) is 14.0. The molecule has 0 radical (unpaired) electrons. The summed E-state index contributed by atoms with van der Waals surface area (Å²) in [4.78, 5) is 0.343. The molecule has 0 saturated carbocycles. The molecule has 0 aliphatic carbocycles. The van der Waals surface area contributed by atoms with Gasteiger partial charge in [-0.05, 0) is 37.6 Å². The van der Waals surface area contributed by atoms with E-state index in [0.717, 1.165) is 18.7 Å². The summed E-state index contributed by atoms with van der Waals surface area (Å²) in [6.45, 7) is 5.32. The largest absolute Gasteiger partial charge is 0.385 e. The van der Waals surface area contributed by atoms with Gasteiger partial charge < -0.3 is 5.32 Å². The molecule has 0 unspecified atom stereocenters. The number of benzene rings is 1. The third-order valence-electron chi connectivity index (χ3n) is 2.48. The first-order valence-electron chi connectivity index (χ1n) is 5.82. The fraction of sp³-hybridized carbons (Fsp3) is 0.500. The summed E-state index contributed by atoms with van der Waals surface area (Å²) in [7, 11) is -1.72. The Kier molecular flexibility index (Phi) is 4.96. The van der Waals surface area contributed by atoms with Gasteiger partial charge in [0.15, 0.2) is 0 Å². The summed E-state index contributed by atoms with van der Waals surface area (Å²) < 4.78 is 25.6. The van der Waals surface area contributed by atoms with Crippen molar-refractivity contribution in [3.8, 4) is 0 Å². The number of sulfonamides is 1. The monoisotopic (exact) mass is 256 g/mol. The molecular weight excluding hydrogens is 236 g/mol. The molecule has 0 spiro atoms. The van der Waals surface area contributed by atoms with Crippen LogP contribution in [0.1, 0.15) is 20.3 Å². The Morgan fingerprint density at radius 1 is 1.18 bits per heavy atom. The van der Waals surface area contributed by atoms with Crippen molar-refractivity contribution in [3.63, 3.8) is 0 Å². The van der Waals surface area contributed by atoms with Crippen molar-refractivity contribution in [2.45, 2.75) is 25.2 Å². The highest BCUT2D eigenvalue weighted by Gasteiger charge is 2.19. The van der Waals surface area contributed by atoms with Crippen molar-refractivity contribution in [2.75, 3.05) is 25.5 Å². The number of hydrogen-bond acceptors (Lipinski definition) is 3. The van der Waals surface area contributed by atoms with Crippen molar-refractivity contribution in [1.29, 1.82) is 0 Å². The van der Waals surface area contributed by atoms with Gasteiger partial charge in [0.1, 0.15) is 0 Å². The number of rotatable bonds is 6. The second-order valence-electron chi connectivity index (χ2n) is 3.88. The van der Waals surface area contributed by atoms with Crippen LogP contribution in [-0.2, 0) is 10.0 Å². The summed E-state index contributed by atoms with van der Waals surface area (Å²) in [5.41, 5.74) is 0.935. The minimum Gasteiger partial charge on any atom is -0.385 e. The van der Waals surface area contributed by atoms with Crippen LogP contribution in [0.3, 0.4) is 0 Å². The van der Waals surface area contributed by atoms with Crippen molar-refractivity contribution >= 4 is 15.7 Å². The molecule has 5 heteroatoms. The molecule has 0 bridgehead atoms. The summed E-state index contributed by atoms with van der Waals surface area (Å²) in [5, 5.41) is 3.13. The normalized spacial score (nSPS) is 11.8. The lowest BCUT2D eigenvalue weighted by Gasteiger charge is -2.16. The predicted octanol–water partition coefficient (Wildman–Crippen LogP) is 2.15. The van der Waals surface area contributed by atoms with Gasteiger partial charge in [0.2, 0.25) is 10.0 Å². The van der Waals surface area contributed by atoms with Gasteiger partial charge in [-0.1, -0.05) is 6.92 Å². The Hall–Kier alpha value is -1.07. The van der Waals surface area contributed by atoms with Crippen molar-refractivity contribution in [2.24, 2.45) is 0 Å². The fourth-order valence-corrected chi connectivity index (χ4v) is 2.83. The standard InChI is InChI=1S/C12H20N2O2S/c1-4-10-14(3)17(15,16)12-8-6-11(7-9-12)13-5-2/h6-9,13H,4-5,10H2,1-3H3. The van der Waals surface area contributed by atoms with E-state index in [1.54, 1.807) is 31.3 Å². The minimum atomic E-state index is -3.33. The SMILES string of the molecule is CCCN(C)S(=O)(=O)c1ccc(NCC)cc1. The van der Waals surface area contributed by atoms with Crippen LogP contribution in [0.5, 0.6) is 0 Å². The van der Waals surface area contributed by atoms with Gasteiger partial charge in [0, 0.05) is 25.8 Å². The van der Waals surface area contributed by atoms with Crippen LogP contribution in [0.2, 0.25) is 0 Å². The summed E-state index contributed by atoms with van der Waals surface area (Å²) in [6.07, 6.45) is 0.811. The third kappa shape index (κ3) is 3.44. The van der Waals surface area contributed by atoms with Crippen LogP contribution >= 0.6 is 0 Å². The zero-order valence-corrected chi connectivity index (χ0v) is 11.4. The third-order valence-corrected chi connectivity index (χ3v) is 4.35. The maximum absolute atomic E-state index is 12.1. The molecule has 1 rings (SSSR count). The zero-order valence-electron chi connectivity index (χ0n) is 10.6. The number of anilines is 1. The van der Waals surface area contributed by atoms with E-state index >= 15 is 0 Å². The molecule has 0 saturated heterocycles. The topological polar surface area (TPSA) is 49.4 Å². The van der Waals surface area contributed by atoms with E-state index < -0.39 is 10.0 Å². The maximum Gasteiger partial charge on any atom is 0.242 e. The second-order valence-corrected chi connectivity index (χ2v) is 5.93. The molecule has 0 amide bonds. The summed E-state index contributed by atoms with van der Waals surface area (Å²) in [5.74, 6) is 0. The Morgan fingerprint density at radius 2 is 1.76 bits per heavy atom. The summed E-state index contributed by atoms with van der Waals surface area (Å²) in [6, 6.07) is 6.85. The highest BCUT2D eigenvalue weighted by Crippen LogP contribution is 2.17. The first-order valence-corrected chi connectivity index (χ1v) is 7.26. The van der Waals surface area contributed by atoms with Crippen molar-refractivity contribution in [1.82, 2.24) is 4.31 Å². The maximum atomic E-state index is 12.1. The van der Waals surface area contributed by atoms with Gasteiger partial charge in [-0.25, -0.2) is 12.7 Å². The Morgan fingerprint density at radius 3 is 2.24 bits per heavy atom. The molecule has 0 aliphatic rings. The Labute approximate surface area is 104 Å². The predicted molar refractivity (Wildman–Crippen MR) is 70.7 cm³/mol. The molecule has 0 aliphatic heterocycles. The lowest BCUT2D eigenvalue weighted by molar-refractivity contribution is 0.468. The van der Waals surface area contributed by atoms with E-state index in [4.69, 9.17) is 0 Å². The molecule has 1 N–H and O–H groups in total. The van der Waals surface area contributed by atoms with Crippen LogP contribution in [0.25, 0.3) is 0 Å². The second kappa shape index (κ2) is 6.02. The molecule has 1 aromatic rings. The zero-order chi connectivity index (χ0) is 12.9. The molecule has 1 aromatic carbocycles. The Balaban J connectivity index is 2.92. The lowest BCUT2D eigenvalue weighted by atomic mass is 10.3. The van der Waals surface area contributed by atoms with E-state index in [9.17, 15) is 8.42 Å². The van der Waals surface area contributed by atoms with Gasteiger partial charge >= 0.3 is 0 Å². The van der Waals surface area contributed by atoms with Gasteiger partial charge in [0.25, 0.3) is 0 Å². The first-order chi connectivity index (χ1) is 8.02. The number of nitrogens with one attached hydrogen (secondary N) is 1. The van der Waals surface area contributed by atoms with Crippen LogP contribution in [0.4, 0.5) is 5.69 Å².